The number of aryl methyl sites for hydroxylation is 1. The number of halogens is 1. The number of carbonyl (C=O) groups is 1. The summed E-state index contributed by atoms with van der Waals surface area (Å²) in [5, 5.41) is 1.58. The molecule has 0 saturated heterocycles. The molecule has 2 N–H and O–H groups in total. The molecule has 2 aromatic carbocycles. The maximum Gasteiger partial charge on any atom is 0.221 e. The first-order chi connectivity index (χ1) is 11.5. The number of hydrogen-bond acceptors (Lipinski definition) is 3. The Bertz CT molecular complexity index is 938. The molecule has 122 valence electrons. The summed E-state index contributed by atoms with van der Waals surface area (Å²) in [5.74, 6) is 0.273. The monoisotopic (exact) mass is 340 g/mol. The summed E-state index contributed by atoms with van der Waals surface area (Å²) in [7, 11) is 1.59. The smallest absolute Gasteiger partial charge is 0.221 e. The predicted molar refractivity (Wildman–Crippen MR) is 96.4 cm³/mol. The fourth-order valence-electron chi connectivity index (χ4n) is 2.72. The SMILES string of the molecule is COc1cc(-c2cc(C)c3cc(CC(N)=O)ccc3n2)ccc1Cl. The van der Waals surface area contributed by atoms with Crippen LogP contribution in [0.4, 0.5) is 0 Å². The minimum Gasteiger partial charge on any atom is -0.495 e. The summed E-state index contributed by atoms with van der Waals surface area (Å²) < 4.78 is 5.27. The van der Waals surface area contributed by atoms with Gasteiger partial charge in [-0.15, -0.1) is 0 Å². The molecule has 0 aliphatic heterocycles. The van der Waals surface area contributed by atoms with Crippen molar-refractivity contribution in [1.82, 2.24) is 4.98 Å². The predicted octanol–water partition coefficient (Wildman–Crippen LogP) is 3.90. The van der Waals surface area contributed by atoms with Crippen molar-refractivity contribution < 1.29 is 9.53 Å². The number of ether oxygens (including phenoxy) is 1. The summed E-state index contributed by atoms with van der Waals surface area (Å²) in [6.07, 6.45) is 0.228. The number of benzene rings is 2. The Morgan fingerprint density at radius 3 is 2.71 bits per heavy atom. The van der Waals surface area contributed by atoms with Gasteiger partial charge in [0.2, 0.25) is 5.91 Å². The molecule has 0 radical (unpaired) electrons. The third-order valence-electron chi connectivity index (χ3n) is 3.91. The average molecular weight is 341 g/mol. The van der Waals surface area contributed by atoms with E-state index in [9.17, 15) is 4.79 Å². The lowest BCUT2D eigenvalue weighted by atomic mass is 10.0. The second kappa shape index (κ2) is 6.49. The third-order valence-corrected chi connectivity index (χ3v) is 4.22. The van der Waals surface area contributed by atoms with Gasteiger partial charge in [0.15, 0.2) is 0 Å². The number of nitrogens with two attached hydrogens (primary N) is 1. The number of amides is 1. The van der Waals surface area contributed by atoms with Gasteiger partial charge in [0, 0.05) is 10.9 Å². The van der Waals surface area contributed by atoms with Gasteiger partial charge in [0.05, 0.1) is 29.8 Å². The molecule has 4 nitrogen and oxygen atoms in total. The van der Waals surface area contributed by atoms with E-state index in [1.165, 1.54) is 0 Å². The number of fused-ring (bicyclic) bond motifs is 1. The van der Waals surface area contributed by atoms with Gasteiger partial charge in [-0.25, -0.2) is 4.98 Å². The Morgan fingerprint density at radius 1 is 1.21 bits per heavy atom. The molecule has 3 rings (SSSR count). The van der Waals surface area contributed by atoms with Crippen LogP contribution in [-0.4, -0.2) is 18.0 Å². The van der Waals surface area contributed by atoms with Crippen molar-refractivity contribution in [2.45, 2.75) is 13.3 Å². The van der Waals surface area contributed by atoms with Crippen LogP contribution >= 0.6 is 11.6 Å². The first-order valence-corrected chi connectivity index (χ1v) is 7.88. The van der Waals surface area contributed by atoms with Crippen LogP contribution in [0.1, 0.15) is 11.1 Å². The van der Waals surface area contributed by atoms with Gasteiger partial charge in [0.25, 0.3) is 0 Å². The maximum atomic E-state index is 11.1. The molecule has 0 spiro atoms. The van der Waals surface area contributed by atoms with E-state index < -0.39 is 0 Å². The van der Waals surface area contributed by atoms with Gasteiger partial charge in [-0.3, -0.25) is 4.79 Å². The first kappa shape index (κ1) is 16.3. The molecule has 24 heavy (non-hydrogen) atoms. The average Bonchev–Trinajstić information content (AvgIpc) is 2.55. The van der Waals surface area contributed by atoms with Gasteiger partial charge in [-0.1, -0.05) is 23.7 Å². The Kier molecular flexibility index (Phi) is 4.40. The van der Waals surface area contributed by atoms with E-state index in [1.807, 2.05) is 43.3 Å². The zero-order chi connectivity index (χ0) is 17.3. The van der Waals surface area contributed by atoms with Crippen molar-refractivity contribution in [3.8, 4) is 17.0 Å². The van der Waals surface area contributed by atoms with Crippen LogP contribution in [0.2, 0.25) is 5.02 Å². The zero-order valence-corrected chi connectivity index (χ0v) is 14.2. The van der Waals surface area contributed by atoms with E-state index in [2.05, 4.69) is 0 Å². The highest BCUT2D eigenvalue weighted by atomic mass is 35.5. The van der Waals surface area contributed by atoms with E-state index in [0.717, 1.165) is 33.3 Å². The normalized spacial score (nSPS) is 10.8. The van der Waals surface area contributed by atoms with Crippen molar-refractivity contribution in [3.05, 3.63) is 58.6 Å². The van der Waals surface area contributed by atoms with Gasteiger partial charge in [-0.2, -0.15) is 0 Å². The number of hydrogen-bond donors (Lipinski definition) is 1. The fourth-order valence-corrected chi connectivity index (χ4v) is 2.91. The lowest BCUT2D eigenvalue weighted by Gasteiger charge is -2.10. The van der Waals surface area contributed by atoms with E-state index in [0.29, 0.717) is 10.8 Å². The van der Waals surface area contributed by atoms with E-state index in [4.69, 9.17) is 27.1 Å². The van der Waals surface area contributed by atoms with Crippen LogP contribution in [0, 0.1) is 6.92 Å². The van der Waals surface area contributed by atoms with Crippen molar-refractivity contribution in [2.24, 2.45) is 5.73 Å². The quantitative estimate of drug-likeness (QED) is 0.783. The van der Waals surface area contributed by atoms with Crippen LogP contribution < -0.4 is 10.5 Å². The standard InChI is InChI=1S/C19H17ClN2O2/c1-11-7-17(13-4-5-15(20)18(10-13)24-2)22-16-6-3-12(8-14(11)16)9-19(21)23/h3-8,10H,9H2,1-2H3,(H2,21,23). The van der Waals surface area contributed by atoms with Crippen molar-refractivity contribution in [3.63, 3.8) is 0 Å². The molecule has 0 fully saturated rings. The summed E-state index contributed by atoms with van der Waals surface area (Å²) in [4.78, 5) is 15.8. The Morgan fingerprint density at radius 2 is 2.00 bits per heavy atom. The van der Waals surface area contributed by atoms with Crippen LogP contribution in [0.25, 0.3) is 22.2 Å². The van der Waals surface area contributed by atoms with Gasteiger partial charge in [0.1, 0.15) is 5.75 Å². The lowest BCUT2D eigenvalue weighted by molar-refractivity contribution is -0.117. The molecule has 0 saturated carbocycles. The molecule has 1 aromatic heterocycles. The van der Waals surface area contributed by atoms with Crippen LogP contribution in [0.5, 0.6) is 5.75 Å². The van der Waals surface area contributed by atoms with Gasteiger partial charge >= 0.3 is 0 Å². The molecule has 0 aliphatic carbocycles. The molecule has 0 atom stereocenters. The second-order valence-electron chi connectivity index (χ2n) is 5.67. The number of rotatable bonds is 4. The number of pyridine rings is 1. The largest absolute Gasteiger partial charge is 0.495 e. The highest BCUT2D eigenvalue weighted by molar-refractivity contribution is 6.32. The van der Waals surface area contributed by atoms with E-state index >= 15 is 0 Å². The van der Waals surface area contributed by atoms with Crippen molar-refractivity contribution in [1.29, 1.82) is 0 Å². The zero-order valence-electron chi connectivity index (χ0n) is 13.5. The first-order valence-electron chi connectivity index (χ1n) is 7.50. The number of primary amides is 1. The molecular weight excluding hydrogens is 324 g/mol. The maximum absolute atomic E-state index is 11.1. The lowest BCUT2D eigenvalue weighted by Crippen LogP contribution is -2.13. The summed E-state index contributed by atoms with van der Waals surface area (Å²) in [6.45, 7) is 2.02. The third kappa shape index (κ3) is 3.19. The molecule has 1 heterocycles. The topological polar surface area (TPSA) is 65.2 Å². The molecular formula is C19H17ClN2O2. The summed E-state index contributed by atoms with van der Waals surface area (Å²) in [6, 6.07) is 13.4. The van der Waals surface area contributed by atoms with Crippen molar-refractivity contribution in [2.75, 3.05) is 7.11 Å². The molecule has 1 amide bonds. The second-order valence-corrected chi connectivity index (χ2v) is 6.08. The van der Waals surface area contributed by atoms with E-state index in [1.54, 1.807) is 13.2 Å². The van der Waals surface area contributed by atoms with Crippen molar-refractivity contribution >= 4 is 28.4 Å². The number of nitrogens with zero attached hydrogens (tertiary/aromatic N) is 1. The highest BCUT2D eigenvalue weighted by Gasteiger charge is 2.09. The molecule has 0 aliphatic rings. The summed E-state index contributed by atoms with van der Waals surface area (Å²) >= 11 is 6.09. The summed E-state index contributed by atoms with van der Waals surface area (Å²) in [5.41, 5.74) is 9.88. The van der Waals surface area contributed by atoms with Gasteiger partial charge < -0.3 is 10.5 Å². The molecule has 5 heteroatoms. The van der Waals surface area contributed by atoms with E-state index in [-0.39, 0.29) is 12.3 Å². The van der Waals surface area contributed by atoms with Crippen LogP contribution in [0.15, 0.2) is 42.5 Å². The minimum absolute atomic E-state index is 0.228. The van der Waals surface area contributed by atoms with Crippen LogP contribution in [-0.2, 0) is 11.2 Å². The Balaban J connectivity index is 2.09. The highest BCUT2D eigenvalue weighted by Crippen LogP contribution is 2.31. The molecule has 0 bridgehead atoms. The van der Waals surface area contributed by atoms with Gasteiger partial charge in [-0.05, 0) is 48.4 Å². The Labute approximate surface area is 145 Å². The number of methoxy groups -OCH3 is 1. The molecule has 3 aromatic rings. The van der Waals surface area contributed by atoms with Crippen LogP contribution in [0.3, 0.4) is 0 Å². The number of aromatic nitrogens is 1. The molecule has 0 unspecified atom stereocenters. The fraction of sp³-hybridized carbons (Fsp3) is 0.158. The minimum atomic E-state index is -0.343. The number of carbonyl (C=O) groups excluding carboxylic acids is 1. The Hall–Kier alpha value is -2.59.